The summed E-state index contributed by atoms with van der Waals surface area (Å²) in [6.45, 7) is 4.10. The molecule has 2 aromatic heterocycles. The molecule has 0 amide bonds. The van der Waals surface area contributed by atoms with E-state index in [0.717, 1.165) is 32.3 Å². The average molecular weight is 453 g/mol. The Balaban J connectivity index is 1.74. The molecule has 6 heteroatoms. The fraction of sp³-hybridized carbons (Fsp3) is 0.222. The van der Waals surface area contributed by atoms with Gasteiger partial charge in [-0.2, -0.15) is 5.26 Å². The summed E-state index contributed by atoms with van der Waals surface area (Å²) < 4.78 is 0. The standard InChI is InChI=1S/C27H24N4OS/c1-16-11-21(17(2)33-16)25-22(14-28)27(29)31(20-9-6-10-30-15-20)23-12-19(13-24(32)26(23)25)18-7-4-3-5-8-18/h3-11,15,19,25H,12-13,29H2,1-2H3/t19-,25-/m0/s1. The van der Waals surface area contributed by atoms with Crippen molar-refractivity contribution in [3.05, 3.63) is 104 Å². The number of carbonyl (C=O) groups excluding carboxylic acids is 1. The summed E-state index contributed by atoms with van der Waals surface area (Å²) in [5, 5.41) is 10.2. The van der Waals surface area contributed by atoms with Gasteiger partial charge in [-0.15, -0.1) is 11.3 Å². The summed E-state index contributed by atoms with van der Waals surface area (Å²) in [6, 6.07) is 18.3. The smallest absolute Gasteiger partial charge is 0.162 e. The zero-order valence-corrected chi connectivity index (χ0v) is 19.4. The number of aryl methyl sites for hydroxylation is 2. The van der Waals surface area contributed by atoms with Gasteiger partial charge in [0, 0.05) is 33.6 Å². The van der Waals surface area contributed by atoms with Crippen molar-refractivity contribution in [1.29, 1.82) is 5.26 Å². The van der Waals surface area contributed by atoms with Crippen LogP contribution in [0.3, 0.4) is 0 Å². The van der Waals surface area contributed by atoms with Gasteiger partial charge in [-0.1, -0.05) is 30.3 Å². The van der Waals surface area contributed by atoms with Gasteiger partial charge >= 0.3 is 0 Å². The van der Waals surface area contributed by atoms with Crippen molar-refractivity contribution in [1.82, 2.24) is 4.98 Å². The third-order valence-electron chi connectivity index (χ3n) is 6.53. The lowest BCUT2D eigenvalue weighted by Gasteiger charge is -2.41. The van der Waals surface area contributed by atoms with Crippen LogP contribution >= 0.6 is 11.3 Å². The highest BCUT2D eigenvalue weighted by atomic mass is 32.1. The zero-order valence-electron chi connectivity index (χ0n) is 18.6. The molecule has 5 nitrogen and oxygen atoms in total. The molecule has 2 atom stereocenters. The predicted molar refractivity (Wildman–Crippen MR) is 131 cm³/mol. The van der Waals surface area contributed by atoms with E-state index in [0.29, 0.717) is 29.8 Å². The van der Waals surface area contributed by atoms with Crippen molar-refractivity contribution in [2.45, 2.75) is 38.5 Å². The second-order valence-corrected chi connectivity index (χ2v) is 10.0. The van der Waals surface area contributed by atoms with Crippen LogP contribution in [0.4, 0.5) is 5.69 Å². The molecule has 5 rings (SSSR count). The Morgan fingerprint density at radius 1 is 1.15 bits per heavy atom. The minimum absolute atomic E-state index is 0.0546. The molecule has 0 bridgehead atoms. The third kappa shape index (κ3) is 3.55. The number of carbonyl (C=O) groups is 1. The van der Waals surface area contributed by atoms with Gasteiger partial charge in [0.25, 0.3) is 0 Å². The number of nitrogens with zero attached hydrogens (tertiary/aromatic N) is 3. The van der Waals surface area contributed by atoms with Crippen LogP contribution in [0.25, 0.3) is 0 Å². The highest BCUT2D eigenvalue weighted by molar-refractivity contribution is 7.12. The van der Waals surface area contributed by atoms with Crippen LogP contribution in [-0.2, 0) is 4.79 Å². The van der Waals surface area contributed by atoms with Crippen LogP contribution in [0.2, 0.25) is 0 Å². The van der Waals surface area contributed by atoms with E-state index in [4.69, 9.17) is 5.73 Å². The van der Waals surface area contributed by atoms with Gasteiger partial charge in [0.2, 0.25) is 0 Å². The fourth-order valence-corrected chi connectivity index (χ4v) is 6.08. The fourth-order valence-electron chi connectivity index (χ4n) is 5.12. The number of benzene rings is 1. The van der Waals surface area contributed by atoms with Crippen LogP contribution in [0.15, 0.2) is 83.6 Å². The Morgan fingerprint density at radius 3 is 2.58 bits per heavy atom. The van der Waals surface area contributed by atoms with E-state index >= 15 is 0 Å². The first-order chi connectivity index (χ1) is 16.0. The van der Waals surface area contributed by atoms with E-state index < -0.39 is 5.92 Å². The summed E-state index contributed by atoms with van der Waals surface area (Å²) in [4.78, 5) is 22.2. The SMILES string of the molecule is Cc1cc([C@H]2C(C#N)=C(N)N(c3cccnc3)C3=C2C(=O)C[C@@H](c2ccccc2)C3)c(C)s1. The summed E-state index contributed by atoms with van der Waals surface area (Å²) in [5.74, 6) is 0.0672. The number of ketones is 1. The molecular formula is C27H24N4OS. The number of Topliss-reactive ketones (excluding diaryl/α,β-unsaturated/α-hetero) is 1. The minimum Gasteiger partial charge on any atom is -0.384 e. The molecule has 164 valence electrons. The first-order valence-electron chi connectivity index (χ1n) is 11.0. The number of aromatic nitrogens is 1. The number of hydrogen-bond donors (Lipinski definition) is 1. The molecule has 0 radical (unpaired) electrons. The van der Waals surface area contributed by atoms with Crippen LogP contribution in [0.5, 0.6) is 0 Å². The van der Waals surface area contributed by atoms with Crippen LogP contribution < -0.4 is 10.6 Å². The summed E-state index contributed by atoms with van der Waals surface area (Å²) in [5.41, 5.74) is 11.6. The molecule has 0 fully saturated rings. The summed E-state index contributed by atoms with van der Waals surface area (Å²) >= 11 is 1.68. The molecule has 33 heavy (non-hydrogen) atoms. The van der Waals surface area contributed by atoms with Gasteiger partial charge in [-0.05, 0) is 55.5 Å². The lowest BCUT2D eigenvalue weighted by atomic mass is 9.72. The normalized spacial score (nSPS) is 20.6. The van der Waals surface area contributed by atoms with Gasteiger partial charge in [0.15, 0.2) is 5.78 Å². The molecule has 0 unspecified atom stereocenters. The van der Waals surface area contributed by atoms with Crippen molar-refractivity contribution >= 4 is 22.8 Å². The maximum absolute atomic E-state index is 13.8. The van der Waals surface area contributed by atoms with E-state index in [1.54, 1.807) is 23.7 Å². The van der Waals surface area contributed by atoms with Gasteiger partial charge in [-0.3, -0.25) is 14.7 Å². The number of rotatable bonds is 3. The minimum atomic E-state index is -0.438. The Kier molecular flexibility index (Phi) is 5.35. The molecule has 2 aliphatic rings. The average Bonchev–Trinajstić information content (AvgIpc) is 3.16. The monoisotopic (exact) mass is 452 g/mol. The number of pyridine rings is 1. The number of nitriles is 1. The molecule has 1 aromatic carbocycles. The second kappa shape index (κ2) is 8.34. The zero-order chi connectivity index (χ0) is 23.1. The first-order valence-corrected chi connectivity index (χ1v) is 11.8. The largest absolute Gasteiger partial charge is 0.384 e. The van der Waals surface area contributed by atoms with Gasteiger partial charge in [0.1, 0.15) is 5.82 Å². The third-order valence-corrected chi connectivity index (χ3v) is 7.51. The highest BCUT2D eigenvalue weighted by Crippen LogP contribution is 2.50. The van der Waals surface area contributed by atoms with Crippen LogP contribution in [0.1, 0.15) is 45.6 Å². The first kappa shape index (κ1) is 21.2. The molecule has 0 saturated heterocycles. The van der Waals surface area contributed by atoms with Crippen molar-refractivity contribution < 1.29 is 4.79 Å². The van der Waals surface area contributed by atoms with Crippen LogP contribution in [-0.4, -0.2) is 10.8 Å². The Hall–Kier alpha value is -3.69. The number of hydrogen-bond acceptors (Lipinski definition) is 6. The molecule has 1 aliphatic heterocycles. The maximum Gasteiger partial charge on any atom is 0.162 e. The molecule has 0 saturated carbocycles. The Bertz CT molecular complexity index is 1330. The number of thiophene rings is 1. The van der Waals surface area contributed by atoms with Crippen molar-refractivity contribution in [2.24, 2.45) is 5.73 Å². The van der Waals surface area contributed by atoms with E-state index in [2.05, 4.69) is 36.2 Å². The lowest BCUT2D eigenvalue weighted by Crippen LogP contribution is -2.40. The molecule has 0 spiro atoms. The number of anilines is 1. The van der Waals surface area contributed by atoms with Crippen molar-refractivity contribution in [3.63, 3.8) is 0 Å². The topological polar surface area (TPSA) is 83.0 Å². The molecular weight excluding hydrogens is 428 g/mol. The molecule has 3 aromatic rings. The molecule has 2 N–H and O–H groups in total. The van der Waals surface area contributed by atoms with Crippen LogP contribution in [0, 0.1) is 25.2 Å². The predicted octanol–water partition coefficient (Wildman–Crippen LogP) is 5.46. The lowest BCUT2D eigenvalue weighted by molar-refractivity contribution is -0.116. The molecule has 1 aliphatic carbocycles. The maximum atomic E-state index is 13.8. The molecule has 3 heterocycles. The summed E-state index contributed by atoms with van der Waals surface area (Å²) in [7, 11) is 0. The van der Waals surface area contributed by atoms with Gasteiger partial charge < -0.3 is 5.73 Å². The van der Waals surface area contributed by atoms with Crippen molar-refractivity contribution in [3.8, 4) is 6.07 Å². The van der Waals surface area contributed by atoms with E-state index in [1.807, 2.05) is 42.2 Å². The van der Waals surface area contributed by atoms with Gasteiger partial charge in [0.05, 0.1) is 29.4 Å². The second-order valence-electron chi connectivity index (χ2n) is 8.56. The van der Waals surface area contributed by atoms with Gasteiger partial charge in [-0.25, -0.2) is 0 Å². The van der Waals surface area contributed by atoms with Crippen molar-refractivity contribution in [2.75, 3.05) is 4.90 Å². The van der Waals surface area contributed by atoms with E-state index in [1.165, 1.54) is 0 Å². The van der Waals surface area contributed by atoms with E-state index in [9.17, 15) is 10.1 Å². The Labute approximate surface area is 197 Å². The van der Waals surface area contributed by atoms with E-state index in [-0.39, 0.29) is 11.7 Å². The highest BCUT2D eigenvalue weighted by Gasteiger charge is 2.43. The quantitative estimate of drug-likeness (QED) is 0.571. The number of nitrogens with two attached hydrogens (primary N) is 1. The number of allylic oxidation sites excluding steroid dienone is 3. The Morgan fingerprint density at radius 2 is 1.94 bits per heavy atom. The summed E-state index contributed by atoms with van der Waals surface area (Å²) in [6.07, 6.45) is 4.51.